The molecule has 1 heterocycles. The first-order valence-corrected chi connectivity index (χ1v) is 13.8. The molecule has 1 saturated heterocycles. The number of hydrogen-bond donors (Lipinski definition) is 0. The van der Waals surface area contributed by atoms with Crippen LogP contribution in [-0.4, -0.2) is 60.5 Å². The van der Waals surface area contributed by atoms with Crippen molar-refractivity contribution in [3.8, 4) is 0 Å². The summed E-state index contributed by atoms with van der Waals surface area (Å²) in [5.74, 6) is -12.3. The quantitative estimate of drug-likeness (QED) is 0.156. The number of alkyl halides is 9. The Morgan fingerprint density at radius 1 is 0.946 bits per heavy atom. The van der Waals surface area contributed by atoms with E-state index in [1.165, 1.54) is 41.5 Å². The molecule has 0 aliphatic carbocycles. The molecule has 0 radical (unpaired) electrons. The average Bonchev–Trinajstić information content (AvgIpc) is 3.26. The van der Waals surface area contributed by atoms with Crippen LogP contribution < -0.4 is 0 Å². The van der Waals surface area contributed by atoms with Crippen LogP contribution in [0.1, 0.15) is 26.2 Å². The van der Waals surface area contributed by atoms with Gasteiger partial charge in [0.1, 0.15) is 17.6 Å². The third kappa shape index (κ3) is 6.66. The molecule has 0 aromatic heterocycles. The first kappa shape index (κ1) is 31.5. The van der Waals surface area contributed by atoms with Gasteiger partial charge < -0.3 is 9.29 Å². The molecule has 0 amide bonds. The van der Waals surface area contributed by atoms with Crippen LogP contribution in [0, 0.1) is 0 Å². The second kappa shape index (κ2) is 11.6. The zero-order valence-electron chi connectivity index (χ0n) is 19.2. The Balaban J connectivity index is 0.000000265. The predicted octanol–water partition coefficient (Wildman–Crippen LogP) is 6.36. The van der Waals surface area contributed by atoms with Gasteiger partial charge in [0.15, 0.2) is 15.0 Å². The van der Waals surface area contributed by atoms with E-state index in [0.717, 1.165) is 6.61 Å². The highest BCUT2D eigenvalue weighted by atomic mass is 32.2. The molecule has 2 unspecified atom stereocenters. The number of halogens is 9. The Labute approximate surface area is 210 Å². The van der Waals surface area contributed by atoms with Gasteiger partial charge in [0, 0.05) is 29.3 Å². The minimum absolute atomic E-state index is 0.374. The Hall–Kier alpha value is -1.71. The van der Waals surface area contributed by atoms with Crippen LogP contribution >= 0.6 is 0 Å². The smallest absolute Gasteiger partial charge is 0.460 e. The van der Waals surface area contributed by atoms with Gasteiger partial charge in [-0.1, -0.05) is 43.7 Å². The summed E-state index contributed by atoms with van der Waals surface area (Å²) >= 11 is 0. The number of ether oxygens (including phenoxy) is 1. The molecular formula is C22H23F9O4S2. The number of unbranched alkanes of at least 4 members (excludes halogenated alkanes) is 1. The van der Waals surface area contributed by atoms with Crippen LogP contribution in [0.5, 0.6) is 0 Å². The SMILES string of the molecule is CCCCOC1CC[S+](c2cccc3ccccc23)C1.O=S(=O)([O-])C(F)(F)C(F)(F)C(F)(F)C(F)(F)F. The van der Waals surface area contributed by atoms with Gasteiger partial charge in [-0.15, -0.1) is 0 Å². The second-order valence-electron chi connectivity index (χ2n) is 8.09. The van der Waals surface area contributed by atoms with Gasteiger partial charge in [0.2, 0.25) is 0 Å². The Morgan fingerprint density at radius 2 is 1.54 bits per heavy atom. The molecule has 37 heavy (non-hydrogen) atoms. The van der Waals surface area contributed by atoms with E-state index < -0.39 is 33.4 Å². The van der Waals surface area contributed by atoms with Gasteiger partial charge in [0.05, 0.1) is 0 Å². The average molecular weight is 587 g/mol. The van der Waals surface area contributed by atoms with Crippen molar-refractivity contribution in [2.24, 2.45) is 0 Å². The van der Waals surface area contributed by atoms with Crippen molar-refractivity contribution in [2.45, 2.75) is 60.5 Å². The number of hydrogen-bond acceptors (Lipinski definition) is 4. The fourth-order valence-electron chi connectivity index (χ4n) is 3.36. The normalized spacial score (nSPS) is 19.5. The summed E-state index contributed by atoms with van der Waals surface area (Å²) in [6.07, 6.45) is -3.02. The highest BCUT2D eigenvalue weighted by Crippen LogP contribution is 2.54. The van der Waals surface area contributed by atoms with Crippen molar-refractivity contribution in [3.63, 3.8) is 0 Å². The first-order chi connectivity index (χ1) is 16.9. The van der Waals surface area contributed by atoms with E-state index in [1.807, 2.05) is 0 Å². The molecule has 1 aliphatic rings. The Bertz CT molecular complexity index is 1150. The number of benzene rings is 2. The lowest BCUT2D eigenvalue weighted by molar-refractivity contribution is -0.382. The topological polar surface area (TPSA) is 66.4 Å². The highest BCUT2D eigenvalue weighted by Gasteiger charge is 2.83. The Morgan fingerprint density at radius 3 is 2.11 bits per heavy atom. The van der Waals surface area contributed by atoms with Crippen LogP contribution in [-0.2, 0) is 25.7 Å². The molecule has 2 aromatic carbocycles. The molecule has 0 N–H and O–H groups in total. The number of fused-ring (bicyclic) bond motifs is 1. The molecule has 0 bridgehead atoms. The molecule has 210 valence electrons. The maximum atomic E-state index is 12.2. The zero-order chi connectivity index (χ0) is 28.3. The monoisotopic (exact) mass is 586 g/mol. The third-order valence-corrected chi connectivity index (χ3v) is 8.78. The van der Waals surface area contributed by atoms with Crippen molar-refractivity contribution < 1.29 is 57.2 Å². The van der Waals surface area contributed by atoms with Gasteiger partial charge in [-0.05, 0) is 23.9 Å². The van der Waals surface area contributed by atoms with Crippen molar-refractivity contribution >= 4 is 31.8 Å². The maximum absolute atomic E-state index is 12.2. The molecule has 2 atom stereocenters. The van der Waals surface area contributed by atoms with E-state index in [9.17, 15) is 52.5 Å². The molecule has 0 spiro atoms. The summed E-state index contributed by atoms with van der Waals surface area (Å²) in [5, 5.41) is -4.31. The Kier molecular flexibility index (Phi) is 9.86. The van der Waals surface area contributed by atoms with Crippen molar-refractivity contribution in [1.82, 2.24) is 0 Å². The van der Waals surface area contributed by atoms with Gasteiger partial charge in [0.25, 0.3) is 0 Å². The standard InChI is InChI=1S/C18H23OS.C4HF9O3S/c1-2-3-12-19-16-11-13-20(14-16)18-10-6-8-15-7-4-5-9-17(15)18;5-1(6,3(9,10)11)2(7,8)4(12,13)17(14,15)16/h4-10,16H,2-3,11-14H2,1H3;(H,14,15,16)/q+1;/p-1. The van der Waals surface area contributed by atoms with E-state index >= 15 is 0 Å². The summed E-state index contributed by atoms with van der Waals surface area (Å²) < 4.78 is 141. The van der Waals surface area contributed by atoms with Crippen molar-refractivity contribution in [1.29, 1.82) is 0 Å². The molecular weight excluding hydrogens is 563 g/mol. The molecule has 2 aromatic rings. The molecule has 4 nitrogen and oxygen atoms in total. The van der Waals surface area contributed by atoms with Crippen LogP contribution in [0.4, 0.5) is 39.5 Å². The van der Waals surface area contributed by atoms with E-state index in [1.54, 1.807) is 4.90 Å². The second-order valence-corrected chi connectivity index (χ2v) is 11.7. The molecule has 1 aliphatic heterocycles. The fourth-order valence-corrected chi connectivity index (χ4v) is 6.39. The minimum Gasteiger partial charge on any atom is -0.743 e. The zero-order valence-corrected chi connectivity index (χ0v) is 20.8. The van der Waals surface area contributed by atoms with E-state index in [4.69, 9.17) is 4.74 Å². The lowest BCUT2D eigenvalue weighted by Gasteiger charge is -2.34. The fraction of sp³-hybridized carbons (Fsp3) is 0.545. The van der Waals surface area contributed by atoms with Crippen LogP contribution in [0.15, 0.2) is 47.4 Å². The minimum atomic E-state index is -7.43. The summed E-state index contributed by atoms with van der Waals surface area (Å²) in [6.45, 7) is 3.16. The van der Waals surface area contributed by atoms with Crippen LogP contribution in [0.3, 0.4) is 0 Å². The van der Waals surface area contributed by atoms with Gasteiger partial charge in [-0.3, -0.25) is 0 Å². The lowest BCUT2D eigenvalue weighted by Crippen LogP contribution is -2.63. The van der Waals surface area contributed by atoms with Crippen molar-refractivity contribution in [3.05, 3.63) is 42.5 Å². The lowest BCUT2D eigenvalue weighted by atomic mass is 10.1. The summed E-state index contributed by atoms with van der Waals surface area (Å²) in [5.41, 5.74) is 0. The van der Waals surface area contributed by atoms with Crippen LogP contribution in [0.2, 0.25) is 0 Å². The molecule has 3 rings (SSSR count). The van der Waals surface area contributed by atoms with E-state index in [-0.39, 0.29) is 0 Å². The summed E-state index contributed by atoms with van der Waals surface area (Å²) in [4.78, 5) is 1.55. The largest absolute Gasteiger partial charge is 0.743 e. The van der Waals surface area contributed by atoms with E-state index in [0.29, 0.717) is 17.0 Å². The molecule has 15 heteroatoms. The summed E-state index contributed by atoms with van der Waals surface area (Å²) in [6, 6.07) is 15.5. The van der Waals surface area contributed by atoms with Gasteiger partial charge >= 0.3 is 23.3 Å². The first-order valence-electron chi connectivity index (χ1n) is 10.8. The van der Waals surface area contributed by atoms with Crippen LogP contribution in [0.25, 0.3) is 10.8 Å². The van der Waals surface area contributed by atoms with Gasteiger partial charge in [-0.25, -0.2) is 8.42 Å². The molecule has 0 saturated carbocycles. The molecule has 1 fully saturated rings. The highest BCUT2D eigenvalue weighted by molar-refractivity contribution is 7.97. The van der Waals surface area contributed by atoms with Crippen molar-refractivity contribution in [2.75, 3.05) is 18.1 Å². The predicted molar refractivity (Wildman–Crippen MR) is 119 cm³/mol. The van der Waals surface area contributed by atoms with E-state index in [2.05, 4.69) is 49.4 Å². The van der Waals surface area contributed by atoms with Gasteiger partial charge in [-0.2, -0.15) is 39.5 Å². The third-order valence-electron chi connectivity index (χ3n) is 5.42. The number of rotatable bonds is 8. The summed E-state index contributed by atoms with van der Waals surface area (Å²) in [7, 11) is -7.04. The maximum Gasteiger partial charge on any atom is 0.460 e.